The van der Waals surface area contributed by atoms with Gasteiger partial charge in [-0.05, 0) is 37.0 Å². The van der Waals surface area contributed by atoms with E-state index in [0.717, 1.165) is 35.3 Å². The van der Waals surface area contributed by atoms with Gasteiger partial charge in [-0.3, -0.25) is 9.59 Å². The third kappa shape index (κ3) is 5.66. The number of carbonyl (C=O) groups excluding carboxylic acids is 2. The van der Waals surface area contributed by atoms with Crippen molar-refractivity contribution < 1.29 is 9.59 Å². The molecule has 3 rings (SSSR count). The number of piperidine rings is 1. The second kappa shape index (κ2) is 10.7. The zero-order valence-electron chi connectivity index (χ0n) is 18.1. The van der Waals surface area contributed by atoms with Crippen molar-refractivity contribution in [2.75, 3.05) is 13.1 Å². The molecule has 2 amide bonds. The van der Waals surface area contributed by atoms with E-state index in [9.17, 15) is 9.59 Å². The molecular formula is C25H32N2O2S. The molecule has 0 radical (unpaired) electrons. The van der Waals surface area contributed by atoms with Gasteiger partial charge in [0.05, 0.1) is 11.5 Å². The number of likely N-dealkylation sites (tertiary alicyclic amines) is 1. The standard InChI is InChI=1S/C25H32N2O2S/c1-4-21(19-10-6-5-7-11-19)25(29)27-16-14-20(15-17-27)26-24(28)22-12-8-9-13-23(22)30-18(2)3/h5-13,18,20-21H,4,14-17H2,1-3H3,(H,26,28). The van der Waals surface area contributed by atoms with Crippen molar-refractivity contribution in [1.29, 1.82) is 0 Å². The average molecular weight is 425 g/mol. The van der Waals surface area contributed by atoms with Gasteiger partial charge >= 0.3 is 0 Å². The van der Waals surface area contributed by atoms with Crippen LogP contribution in [0.5, 0.6) is 0 Å². The fourth-order valence-corrected chi connectivity index (χ4v) is 4.93. The number of benzene rings is 2. The monoisotopic (exact) mass is 424 g/mol. The summed E-state index contributed by atoms with van der Waals surface area (Å²) in [4.78, 5) is 28.9. The lowest BCUT2D eigenvalue weighted by atomic mass is 9.93. The summed E-state index contributed by atoms with van der Waals surface area (Å²) in [5.74, 6) is 0.101. The van der Waals surface area contributed by atoms with E-state index in [1.54, 1.807) is 11.8 Å². The topological polar surface area (TPSA) is 49.4 Å². The normalized spacial score (nSPS) is 15.8. The lowest BCUT2D eigenvalue weighted by Gasteiger charge is -2.34. The predicted octanol–water partition coefficient (Wildman–Crippen LogP) is 5.10. The van der Waals surface area contributed by atoms with E-state index < -0.39 is 0 Å². The zero-order valence-corrected chi connectivity index (χ0v) is 19.0. The van der Waals surface area contributed by atoms with Crippen molar-refractivity contribution in [2.45, 2.75) is 62.1 Å². The molecule has 4 nitrogen and oxygen atoms in total. The molecule has 0 aromatic heterocycles. The fraction of sp³-hybridized carbons (Fsp3) is 0.440. The maximum absolute atomic E-state index is 13.1. The highest BCUT2D eigenvalue weighted by molar-refractivity contribution is 8.00. The van der Waals surface area contributed by atoms with Gasteiger partial charge in [-0.2, -0.15) is 0 Å². The molecule has 0 aliphatic carbocycles. The Bertz CT molecular complexity index is 845. The Morgan fingerprint density at radius 2 is 1.67 bits per heavy atom. The van der Waals surface area contributed by atoms with Gasteiger partial charge in [0.25, 0.3) is 5.91 Å². The third-order valence-corrected chi connectivity index (χ3v) is 6.63. The lowest BCUT2D eigenvalue weighted by molar-refractivity contribution is -0.134. The number of hydrogen-bond donors (Lipinski definition) is 1. The van der Waals surface area contributed by atoms with Crippen LogP contribution in [-0.2, 0) is 4.79 Å². The van der Waals surface area contributed by atoms with Gasteiger partial charge in [0.2, 0.25) is 5.91 Å². The number of nitrogens with one attached hydrogen (secondary N) is 1. The highest BCUT2D eigenvalue weighted by Gasteiger charge is 2.29. The van der Waals surface area contributed by atoms with Crippen molar-refractivity contribution in [3.8, 4) is 0 Å². The quantitative estimate of drug-likeness (QED) is 0.629. The smallest absolute Gasteiger partial charge is 0.252 e. The van der Waals surface area contributed by atoms with E-state index in [0.29, 0.717) is 18.3 Å². The molecule has 0 bridgehead atoms. The predicted molar refractivity (Wildman–Crippen MR) is 124 cm³/mol. The minimum absolute atomic E-state index is 0.0146. The first-order chi connectivity index (χ1) is 14.5. The van der Waals surface area contributed by atoms with Crippen LogP contribution in [0, 0.1) is 0 Å². The number of rotatable bonds is 7. The fourth-order valence-electron chi connectivity index (χ4n) is 3.98. The first-order valence-corrected chi connectivity index (χ1v) is 11.8. The minimum Gasteiger partial charge on any atom is -0.349 e. The summed E-state index contributed by atoms with van der Waals surface area (Å²) in [5, 5.41) is 3.61. The van der Waals surface area contributed by atoms with Gasteiger partial charge in [0.15, 0.2) is 0 Å². The molecule has 0 spiro atoms. The summed E-state index contributed by atoms with van der Waals surface area (Å²) in [6, 6.07) is 17.9. The molecule has 1 saturated heterocycles. The molecule has 1 heterocycles. The second-order valence-corrected chi connectivity index (χ2v) is 9.73. The molecule has 0 saturated carbocycles. The molecule has 1 aliphatic heterocycles. The van der Waals surface area contributed by atoms with Crippen LogP contribution in [-0.4, -0.2) is 41.1 Å². The van der Waals surface area contributed by atoms with Gasteiger partial charge in [-0.1, -0.05) is 63.2 Å². The molecule has 160 valence electrons. The molecule has 1 atom stereocenters. The van der Waals surface area contributed by atoms with Crippen molar-refractivity contribution in [3.05, 3.63) is 65.7 Å². The Hall–Kier alpha value is -2.27. The summed E-state index contributed by atoms with van der Waals surface area (Å²) in [5.41, 5.74) is 1.82. The summed E-state index contributed by atoms with van der Waals surface area (Å²) < 4.78 is 0. The Balaban J connectivity index is 1.57. The average Bonchev–Trinajstić information content (AvgIpc) is 2.75. The highest BCUT2D eigenvalue weighted by Crippen LogP contribution is 2.27. The van der Waals surface area contributed by atoms with Gasteiger partial charge in [0.1, 0.15) is 0 Å². The van der Waals surface area contributed by atoms with Crippen LogP contribution in [0.1, 0.15) is 61.9 Å². The van der Waals surface area contributed by atoms with Crippen molar-refractivity contribution >= 4 is 23.6 Å². The second-order valence-electron chi connectivity index (χ2n) is 8.11. The zero-order chi connectivity index (χ0) is 21.5. The summed E-state index contributed by atoms with van der Waals surface area (Å²) in [6.07, 6.45) is 2.38. The van der Waals surface area contributed by atoms with Crippen LogP contribution >= 0.6 is 11.8 Å². The number of carbonyl (C=O) groups is 2. The van der Waals surface area contributed by atoms with Crippen molar-refractivity contribution in [2.24, 2.45) is 0 Å². The summed E-state index contributed by atoms with van der Waals surface area (Å²) >= 11 is 1.71. The van der Waals surface area contributed by atoms with Gasteiger partial charge in [-0.25, -0.2) is 0 Å². The molecule has 5 heteroatoms. The Labute approximate surface area is 184 Å². The first-order valence-electron chi connectivity index (χ1n) is 10.9. The first kappa shape index (κ1) is 22.4. The van der Waals surface area contributed by atoms with Crippen molar-refractivity contribution in [1.82, 2.24) is 10.2 Å². The molecule has 1 fully saturated rings. The van der Waals surface area contributed by atoms with E-state index in [2.05, 4.69) is 26.1 Å². The summed E-state index contributed by atoms with van der Waals surface area (Å²) in [6.45, 7) is 7.70. The van der Waals surface area contributed by atoms with Crippen LogP contribution in [0.2, 0.25) is 0 Å². The van der Waals surface area contributed by atoms with Gasteiger partial charge in [-0.15, -0.1) is 11.8 Å². The molecular weight excluding hydrogens is 392 g/mol. The third-order valence-electron chi connectivity index (χ3n) is 5.54. The maximum Gasteiger partial charge on any atom is 0.252 e. The minimum atomic E-state index is -0.0859. The molecule has 2 aromatic rings. The van der Waals surface area contributed by atoms with Crippen molar-refractivity contribution in [3.63, 3.8) is 0 Å². The number of hydrogen-bond acceptors (Lipinski definition) is 3. The van der Waals surface area contributed by atoms with E-state index in [1.165, 1.54) is 0 Å². The van der Waals surface area contributed by atoms with E-state index in [4.69, 9.17) is 0 Å². The largest absolute Gasteiger partial charge is 0.349 e. The van der Waals surface area contributed by atoms with E-state index >= 15 is 0 Å². The van der Waals surface area contributed by atoms with Crippen LogP contribution in [0.3, 0.4) is 0 Å². The Kier molecular flexibility index (Phi) is 7.97. The van der Waals surface area contributed by atoms with Crippen LogP contribution < -0.4 is 5.32 Å². The van der Waals surface area contributed by atoms with Gasteiger partial charge in [0, 0.05) is 29.3 Å². The Morgan fingerprint density at radius 3 is 2.30 bits per heavy atom. The number of amides is 2. The number of thioether (sulfide) groups is 1. The molecule has 1 aliphatic rings. The lowest BCUT2D eigenvalue weighted by Crippen LogP contribution is -2.47. The molecule has 2 aromatic carbocycles. The van der Waals surface area contributed by atoms with Crippen LogP contribution in [0.15, 0.2) is 59.5 Å². The van der Waals surface area contributed by atoms with Crippen LogP contribution in [0.4, 0.5) is 0 Å². The SMILES string of the molecule is CCC(C(=O)N1CCC(NC(=O)c2ccccc2SC(C)C)CC1)c1ccccc1. The van der Waals surface area contributed by atoms with Gasteiger partial charge < -0.3 is 10.2 Å². The molecule has 1 N–H and O–H groups in total. The van der Waals surface area contributed by atoms with Crippen LogP contribution in [0.25, 0.3) is 0 Å². The highest BCUT2D eigenvalue weighted by atomic mass is 32.2. The van der Waals surface area contributed by atoms with E-state index in [1.807, 2.05) is 59.5 Å². The number of nitrogens with zero attached hydrogens (tertiary/aromatic N) is 1. The summed E-state index contributed by atoms with van der Waals surface area (Å²) in [7, 11) is 0. The Morgan fingerprint density at radius 1 is 1.03 bits per heavy atom. The van der Waals surface area contributed by atoms with E-state index in [-0.39, 0.29) is 23.8 Å². The molecule has 30 heavy (non-hydrogen) atoms. The molecule has 1 unspecified atom stereocenters. The maximum atomic E-state index is 13.1.